The van der Waals surface area contributed by atoms with Gasteiger partial charge in [-0.2, -0.15) is 4.68 Å². The predicted octanol–water partition coefficient (Wildman–Crippen LogP) is 4.33. The molecular weight excluding hydrogens is 586 g/mol. The molecule has 0 spiro atoms. The van der Waals surface area contributed by atoms with Crippen molar-refractivity contribution in [2.75, 3.05) is 11.1 Å². The Kier molecular flexibility index (Phi) is 9.90. The number of amides is 1. The number of phenolic OH excluding ortho intramolecular Hbond substituents is 1. The molecule has 2 heterocycles. The summed E-state index contributed by atoms with van der Waals surface area (Å²) < 4.78 is 19.6. The highest BCUT2D eigenvalue weighted by Gasteiger charge is 2.38. The zero-order valence-electron chi connectivity index (χ0n) is 24.4. The monoisotopic (exact) mass is 619 g/mol. The van der Waals surface area contributed by atoms with E-state index in [0.29, 0.717) is 27.8 Å². The summed E-state index contributed by atoms with van der Waals surface area (Å²) in [6, 6.07) is 21.3. The van der Waals surface area contributed by atoms with Crippen LogP contribution >= 0.6 is 11.8 Å². The summed E-state index contributed by atoms with van der Waals surface area (Å²) in [5, 5.41) is 34.7. The average Bonchev–Trinajstić information content (AvgIpc) is 3.49. The number of esters is 1. The van der Waals surface area contributed by atoms with Gasteiger partial charge in [0.05, 0.1) is 24.5 Å². The van der Waals surface area contributed by atoms with E-state index >= 15 is 0 Å². The number of carbonyl (C=O) groups is 2. The lowest BCUT2D eigenvalue weighted by molar-refractivity contribution is -0.268. The number of nitrogens with zero attached hydrogens (tertiary/aromatic N) is 4. The zero-order chi connectivity index (χ0) is 31.2. The molecule has 1 aliphatic rings. The second kappa shape index (κ2) is 14.0. The van der Waals surface area contributed by atoms with Crippen LogP contribution in [0, 0.1) is 5.92 Å². The number of anilines is 1. The molecule has 12 nitrogen and oxygen atoms in total. The van der Waals surface area contributed by atoms with E-state index in [1.54, 1.807) is 47.1 Å². The minimum absolute atomic E-state index is 0.0588. The van der Waals surface area contributed by atoms with E-state index in [1.807, 2.05) is 30.3 Å². The van der Waals surface area contributed by atoms with Crippen molar-refractivity contribution in [1.82, 2.24) is 20.2 Å². The highest BCUT2D eigenvalue weighted by atomic mass is 32.2. The van der Waals surface area contributed by atoms with Gasteiger partial charge in [0.1, 0.15) is 5.75 Å². The molecule has 5 atom stereocenters. The van der Waals surface area contributed by atoms with Crippen LogP contribution in [-0.2, 0) is 30.4 Å². The number of ether oxygens (including phenoxy) is 3. The van der Waals surface area contributed by atoms with Crippen LogP contribution in [0.15, 0.2) is 78.0 Å². The molecule has 0 radical (unpaired) electrons. The molecule has 4 aromatic rings. The first-order valence-electron chi connectivity index (χ1n) is 14.0. The number of carbonyl (C=O) groups excluding carboxylic acids is 2. The van der Waals surface area contributed by atoms with Crippen molar-refractivity contribution in [3.63, 3.8) is 0 Å². The third kappa shape index (κ3) is 7.42. The summed E-state index contributed by atoms with van der Waals surface area (Å²) in [5.74, 6) is -0.435. The van der Waals surface area contributed by atoms with Crippen molar-refractivity contribution in [3.8, 4) is 11.4 Å². The second-order valence-corrected chi connectivity index (χ2v) is 11.4. The standard InChI is InChI=1S/C31H33N5O7S/c1-18-27(17-44-31-33-34-35-36(31)25-11-13-26(39)14-12-25)42-30(43-28(18)22-9-7-21(16-37)8-10-22)23-5-4-6-24(15-23)32-29(40)19(2)41-20(3)38/h4-15,18-19,27-28,30,37,39H,16-17H2,1-3H3,(H,32,40)/t18-,19-,27+,28+,30?/m0/s1. The fraction of sp³-hybridized carbons (Fsp3) is 0.323. The first-order valence-corrected chi connectivity index (χ1v) is 15.0. The summed E-state index contributed by atoms with van der Waals surface area (Å²) >= 11 is 1.44. The van der Waals surface area contributed by atoms with Gasteiger partial charge in [0.2, 0.25) is 5.16 Å². The number of tetrazole rings is 1. The molecule has 44 heavy (non-hydrogen) atoms. The number of aliphatic hydroxyl groups excluding tert-OH is 1. The van der Waals surface area contributed by atoms with Gasteiger partial charge < -0.3 is 29.7 Å². The van der Waals surface area contributed by atoms with E-state index in [2.05, 4.69) is 27.8 Å². The molecular formula is C31H33N5O7S. The molecule has 3 aromatic carbocycles. The molecule has 3 N–H and O–H groups in total. The average molecular weight is 620 g/mol. The maximum atomic E-state index is 12.6. The van der Waals surface area contributed by atoms with Crippen LogP contribution in [0.3, 0.4) is 0 Å². The molecule has 230 valence electrons. The minimum atomic E-state index is -0.954. The third-order valence-corrected chi connectivity index (χ3v) is 8.18. The molecule has 1 unspecified atom stereocenters. The summed E-state index contributed by atoms with van der Waals surface area (Å²) in [7, 11) is 0. The van der Waals surface area contributed by atoms with Crippen molar-refractivity contribution in [1.29, 1.82) is 0 Å². The maximum absolute atomic E-state index is 12.6. The molecule has 0 bridgehead atoms. The van der Waals surface area contributed by atoms with Crippen LogP contribution in [0.2, 0.25) is 0 Å². The van der Waals surface area contributed by atoms with E-state index in [4.69, 9.17) is 14.2 Å². The highest BCUT2D eigenvalue weighted by molar-refractivity contribution is 7.99. The van der Waals surface area contributed by atoms with Crippen LogP contribution in [0.25, 0.3) is 5.69 Å². The summed E-state index contributed by atoms with van der Waals surface area (Å²) in [4.78, 5) is 23.8. The summed E-state index contributed by atoms with van der Waals surface area (Å²) in [6.45, 7) is 4.75. The lowest BCUT2D eigenvalue weighted by Gasteiger charge is -2.41. The Balaban J connectivity index is 1.38. The van der Waals surface area contributed by atoms with Crippen LogP contribution in [0.5, 0.6) is 5.75 Å². The van der Waals surface area contributed by atoms with E-state index in [-0.39, 0.29) is 30.5 Å². The van der Waals surface area contributed by atoms with Crippen LogP contribution in [0.4, 0.5) is 5.69 Å². The lowest BCUT2D eigenvalue weighted by Crippen LogP contribution is -2.38. The van der Waals surface area contributed by atoms with Gasteiger partial charge in [-0.25, -0.2) is 0 Å². The van der Waals surface area contributed by atoms with Crippen molar-refractivity contribution in [3.05, 3.63) is 89.5 Å². The Morgan fingerprint density at radius 2 is 1.82 bits per heavy atom. The van der Waals surface area contributed by atoms with Gasteiger partial charge in [0, 0.05) is 29.8 Å². The fourth-order valence-electron chi connectivity index (χ4n) is 4.80. The topological polar surface area (TPSA) is 158 Å². The normalized spacial score (nSPS) is 20.5. The summed E-state index contributed by atoms with van der Waals surface area (Å²) in [5.41, 5.74) is 3.63. The van der Waals surface area contributed by atoms with Gasteiger partial charge in [-0.3, -0.25) is 9.59 Å². The van der Waals surface area contributed by atoms with Gasteiger partial charge in [-0.1, -0.05) is 55.1 Å². The van der Waals surface area contributed by atoms with E-state index < -0.39 is 24.3 Å². The minimum Gasteiger partial charge on any atom is -0.508 e. The molecule has 1 amide bonds. The largest absolute Gasteiger partial charge is 0.508 e. The molecule has 0 saturated carbocycles. The molecule has 1 aromatic heterocycles. The Morgan fingerprint density at radius 1 is 1.07 bits per heavy atom. The second-order valence-electron chi connectivity index (χ2n) is 10.4. The van der Waals surface area contributed by atoms with E-state index in [0.717, 1.165) is 11.1 Å². The van der Waals surface area contributed by atoms with Crippen LogP contribution in [-0.4, -0.2) is 60.3 Å². The SMILES string of the molecule is CC(=O)O[C@@H](C)C(=O)Nc1cccc(C2O[C@H](CSc3nnnn3-c3ccc(O)cc3)[C@H](C)[C@H](c3ccc(CO)cc3)O2)c1. The van der Waals surface area contributed by atoms with E-state index in [9.17, 15) is 19.8 Å². The molecule has 1 aliphatic heterocycles. The molecule has 1 saturated heterocycles. The summed E-state index contributed by atoms with van der Waals surface area (Å²) in [6.07, 6.45) is -2.36. The first-order chi connectivity index (χ1) is 21.2. The number of nitrogens with one attached hydrogen (secondary N) is 1. The van der Waals surface area contributed by atoms with Crippen molar-refractivity contribution in [2.45, 2.75) is 57.1 Å². The van der Waals surface area contributed by atoms with Gasteiger partial charge in [-0.05, 0) is 64.9 Å². The van der Waals surface area contributed by atoms with Crippen molar-refractivity contribution in [2.24, 2.45) is 5.92 Å². The van der Waals surface area contributed by atoms with Gasteiger partial charge >= 0.3 is 5.97 Å². The first kappa shape index (κ1) is 31.1. The number of hydrogen-bond donors (Lipinski definition) is 3. The Bertz CT molecular complexity index is 1580. The van der Waals surface area contributed by atoms with Gasteiger partial charge in [0.25, 0.3) is 5.91 Å². The lowest BCUT2D eigenvalue weighted by atomic mass is 9.91. The molecule has 13 heteroatoms. The zero-order valence-corrected chi connectivity index (χ0v) is 25.2. The van der Waals surface area contributed by atoms with Gasteiger partial charge in [-0.15, -0.1) is 5.10 Å². The number of rotatable bonds is 10. The number of benzene rings is 3. The van der Waals surface area contributed by atoms with Crippen LogP contribution < -0.4 is 5.32 Å². The number of aromatic hydroxyl groups is 1. The maximum Gasteiger partial charge on any atom is 0.303 e. The number of aliphatic hydroxyl groups is 1. The number of thioether (sulfide) groups is 1. The number of aromatic nitrogens is 4. The molecule has 0 aliphatic carbocycles. The Hall–Kier alpha value is -4.30. The van der Waals surface area contributed by atoms with Crippen molar-refractivity contribution >= 4 is 29.3 Å². The fourth-order valence-corrected chi connectivity index (χ4v) is 5.85. The molecule has 1 fully saturated rings. The molecule has 5 rings (SSSR count). The smallest absolute Gasteiger partial charge is 0.303 e. The number of phenols is 1. The van der Waals surface area contributed by atoms with Gasteiger partial charge in [0.15, 0.2) is 12.4 Å². The van der Waals surface area contributed by atoms with Crippen LogP contribution in [0.1, 0.15) is 49.9 Å². The van der Waals surface area contributed by atoms with Crippen molar-refractivity contribution < 1.29 is 34.0 Å². The predicted molar refractivity (Wildman–Crippen MR) is 161 cm³/mol. The number of hydrogen-bond acceptors (Lipinski definition) is 11. The Labute approximate surface area is 258 Å². The van der Waals surface area contributed by atoms with E-state index in [1.165, 1.54) is 25.6 Å². The Morgan fingerprint density at radius 3 is 2.52 bits per heavy atom. The highest BCUT2D eigenvalue weighted by Crippen LogP contribution is 2.43. The third-order valence-electron chi connectivity index (χ3n) is 7.17. The quantitative estimate of drug-likeness (QED) is 0.171.